The highest BCUT2D eigenvalue weighted by Crippen LogP contribution is 2.44. The van der Waals surface area contributed by atoms with E-state index in [0.29, 0.717) is 0 Å². The van der Waals surface area contributed by atoms with Crippen LogP contribution >= 0.6 is 11.3 Å². The van der Waals surface area contributed by atoms with Crippen molar-refractivity contribution in [1.82, 2.24) is 4.98 Å². The van der Waals surface area contributed by atoms with Crippen LogP contribution in [0.2, 0.25) is 0 Å². The van der Waals surface area contributed by atoms with Crippen LogP contribution in [0.4, 0.5) is 17.1 Å². The Morgan fingerprint density at radius 1 is 0.400 bits per heavy atom. The monoisotopic (exact) mass is 654 g/mol. The van der Waals surface area contributed by atoms with Gasteiger partial charge in [-0.3, -0.25) is 0 Å². The van der Waals surface area contributed by atoms with E-state index >= 15 is 0 Å². The molecule has 50 heavy (non-hydrogen) atoms. The molecule has 234 valence electrons. The van der Waals surface area contributed by atoms with Crippen LogP contribution in [0, 0.1) is 0 Å². The molecule has 0 N–H and O–H groups in total. The van der Waals surface area contributed by atoms with Crippen molar-refractivity contribution in [2.75, 3.05) is 4.90 Å². The summed E-state index contributed by atoms with van der Waals surface area (Å²) in [4.78, 5) is 7.66. The van der Waals surface area contributed by atoms with Gasteiger partial charge in [0, 0.05) is 58.7 Å². The van der Waals surface area contributed by atoms with Crippen LogP contribution in [0.25, 0.3) is 75.0 Å². The molecule has 8 aromatic carbocycles. The largest absolute Gasteiger partial charge is 0.310 e. The summed E-state index contributed by atoms with van der Waals surface area (Å²) in [6.07, 6.45) is 0. The van der Waals surface area contributed by atoms with E-state index in [1.165, 1.54) is 58.2 Å². The summed E-state index contributed by atoms with van der Waals surface area (Å²) in [5, 5.41) is 8.70. The Morgan fingerprint density at radius 3 is 1.80 bits per heavy atom. The first-order chi connectivity index (χ1) is 24.8. The van der Waals surface area contributed by atoms with Crippen LogP contribution in [0.5, 0.6) is 0 Å². The van der Waals surface area contributed by atoms with Crippen molar-refractivity contribution in [3.8, 4) is 22.4 Å². The molecule has 2 nitrogen and oxygen atoms in total. The van der Waals surface area contributed by atoms with Gasteiger partial charge < -0.3 is 4.90 Å². The Balaban J connectivity index is 1.14. The minimum Gasteiger partial charge on any atom is -0.310 e. The van der Waals surface area contributed by atoms with Crippen LogP contribution in [0.15, 0.2) is 182 Å². The molecule has 0 aliphatic heterocycles. The predicted molar refractivity (Wildman–Crippen MR) is 215 cm³/mol. The maximum atomic E-state index is 5.30. The fourth-order valence-corrected chi connectivity index (χ4v) is 8.73. The first kappa shape index (κ1) is 28.7. The Hall–Kier alpha value is -6.29. The molecular formula is C47H30N2S. The summed E-state index contributed by atoms with van der Waals surface area (Å²) in [7, 11) is 0. The Kier molecular flexibility index (Phi) is 6.71. The predicted octanol–water partition coefficient (Wildman–Crippen LogP) is 13.7. The number of aromatic nitrogens is 1. The van der Waals surface area contributed by atoms with Gasteiger partial charge in [0.25, 0.3) is 0 Å². The van der Waals surface area contributed by atoms with Crippen molar-refractivity contribution in [2.45, 2.75) is 0 Å². The third kappa shape index (κ3) is 4.67. The smallest absolute Gasteiger partial charge is 0.0788 e. The molecule has 0 bridgehead atoms. The molecule has 0 radical (unpaired) electrons. The summed E-state index contributed by atoms with van der Waals surface area (Å²) in [5.41, 5.74) is 8.87. The molecule has 2 aromatic heterocycles. The fraction of sp³-hybridized carbons (Fsp3) is 0. The lowest BCUT2D eigenvalue weighted by Gasteiger charge is -2.27. The number of thiophene rings is 1. The van der Waals surface area contributed by atoms with E-state index in [1.807, 2.05) is 11.3 Å². The molecule has 2 heterocycles. The van der Waals surface area contributed by atoms with Gasteiger partial charge in [0.1, 0.15) is 0 Å². The second-order valence-corrected chi connectivity index (χ2v) is 13.8. The normalized spacial score (nSPS) is 11.6. The zero-order valence-corrected chi connectivity index (χ0v) is 27.9. The van der Waals surface area contributed by atoms with Gasteiger partial charge in [-0.2, -0.15) is 0 Å². The highest BCUT2D eigenvalue weighted by Gasteiger charge is 2.18. The number of para-hydroxylation sites is 1. The zero-order valence-electron chi connectivity index (χ0n) is 27.1. The van der Waals surface area contributed by atoms with Crippen LogP contribution in [0.3, 0.4) is 0 Å². The van der Waals surface area contributed by atoms with Gasteiger partial charge in [0.15, 0.2) is 0 Å². The van der Waals surface area contributed by atoms with Crippen molar-refractivity contribution in [3.63, 3.8) is 0 Å². The molecule has 0 saturated heterocycles. The van der Waals surface area contributed by atoms with Crippen molar-refractivity contribution in [2.24, 2.45) is 0 Å². The molecule has 0 saturated carbocycles. The molecular weight excluding hydrogens is 625 g/mol. The van der Waals surface area contributed by atoms with Gasteiger partial charge in [-0.05, 0) is 59.0 Å². The SMILES string of the molecule is c1ccc(-c2ccc(N(c3ccc(-c4nc5ccccc5c5c4ccc4c6ccccc6sc45)cc3)c3cccc4ccccc34)cc2)cc1. The average Bonchev–Trinajstić information content (AvgIpc) is 3.58. The maximum Gasteiger partial charge on any atom is 0.0788 e. The quantitative estimate of drug-likeness (QED) is 0.172. The van der Waals surface area contributed by atoms with E-state index in [9.17, 15) is 0 Å². The molecule has 0 spiro atoms. The van der Waals surface area contributed by atoms with E-state index in [4.69, 9.17) is 4.98 Å². The molecule has 10 aromatic rings. The summed E-state index contributed by atoms with van der Waals surface area (Å²) in [6, 6.07) is 65.4. The standard InChI is InChI=1S/C47H30N2S/c1-2-11-31(12-3-1)32-21-25-35(26-22-32)49(43-19-10-14-33-13-4-5-15-37(33)43)36-27-23-34(24-28-36)46-41-30-29-39-38-16-7-9-20-44(38)50-47(39)45(41)40-17-6-8-18-42(40)48-46/h1-30H. The van der Waals surface area contributed by atoms with Gasteiger partial charge in [-0.1, -0.05) is 140 Å². The highest BCUT2D eigenvalue weighted by molar-refractivity contribution is 7.26. The molecule has 0 unspecified atom stereocenters. The molecule has 0 amide bonds. The molecule has 0 fully saturated rings. The third-order valence-corrected chi connectivity index (χ3v) is 11.1. The van der Waals surface area contributed by atoms with Gasteiger partial charge in [-0.25, -0.2) is 4.98 Å². The van der Waals surface area contributed by atoms with Crippen molar-refractivity contribution in [3.05, 3.63) is 182 Å². The number of anilines is 3. The molecule has 3 heteroatoms. The van der Waals surface area contributed by atoms with Crippen molar-refractivity contribution < 1.29 is 0 Å². The van der Waals surface area contributed by atoms with Crippen LogP contribution in [0.1, 0.15) is 0 Å². The molecule has 0 aliphatic carbocycles. The first-order valence-electron chi connectivity index (χ1n) is 17.0. The number of pyridine rings is 1. The second-order valence-electron chi connectivity index (χ2n) is 12.7. The van der Waals surface area contributed by atoms with Crippen LogP contribution in [-0.4, -0.2) is 4.98 Å². The van der Waals surface area contributed by atoms with Gasteiger partial charge >= 0.3 is 0 Å². The lowest BCUT2D eigenvalue weighted by Crippen LogP contribution is -2.10. The lowest BCUT2D eigenvalue weighted by molar-refractivity contribution is 1.30. The third-order valence-electron chi connectivity index (χ3n) is 9.85. The summed E-state index contributed by atoms with van der Waals surface area (Å²) >= 11 is 1.88. The number of fused-ring (bicyclic) bond motifs is 8. The number of rotatable bonds is 5. The van der Waals surface area contributed by atoms with Crippen LogP contribution in [-0.2, 0) is 0 Å². The number of nitrogens with zero attached hydrogens (tertiary/aromatic N) is 2. The van der Waals surface area contributed by atoms with E-state index in [2.05, 4.69) is 187 Å². The summed E-state index contributed by atoms with van der Waals surface area (Å²) in [6.45, 7) is 0. The Bertz CT molecular complexity index is 2850. The Morgan fingerprint density at radius 2 is 1.00 bits per heavy atom. The van der Waals surface area contributed by atoms with E-state index in [0.717, 1.165) is 33.8 Å². The molecule has 0 atom stereocenters. The topological polar surface area (TPSA) is 16.1 Å². The van der Waals surface area contributed by atoms with Crippen molar-refractivity contribution >= 4 is 81.0 Å². The van der Waals surface area contributed by atoms with Gasteiger partial charge in [-0.15, -0.1) is 11.3 Å². The second kappa shape index (κ2) is 11.7. The average molecular weight is 655 g/mol. The van der Waals surface area contributed by atoms with E-state index < -0.39 is 0 Å². The first-order valence-corrected chi connectivity index (χ1v) is 17.8. The number of hydrogen-bond acceptors (Lipinski definition) is 3. The highest BCUT2D eigenvalue weighted by atomic mass is 32.1. The fourth-order valence-electron chi connectivity index (χ4n) is 7.47. The maximum absolute atomic E-state index is 5.30. The minimum absolute atomic E-state index is 1.01. The van der Waals surface area contributed by atoms with Gasteiger partial charge in [0.05, 0.1) is 16.9 Å². The van der Waals surface area contributed by atoms with E-state index in [1.54, 1.807) is 0 Å². The summed E-state index contributed by atoms with van der Waals surface area (Å²) < 4.78 is 2.63. The van der Waals surface area contributed by atoms with E-state index in [-0.39, 0.29) is 0 Å². The van der Waals surface area contributed by atoms with Gasteiger partial charge in [0.2, 0.25) is 0 Å². The lowest BCUT2D eigenvalue weighted by atomic mass is 9.97. The zero-order chi connectivity index (χ0) is 33.0. The summed E-state index contributed by atoms with van der Waals surface area (Å²) in [5.74, 6) is 0. The number of benzene rings is 8. The number of hydrogen-bond donors (Lipinski definition) is 0. The molecule has 10 rings (SSSR count). The molecule has 0 aliphatic rings. The van der Waals surface area contributed by atoms with Crippen molar-refractivity contribution in [1.29, 1.82) is 0 Å². The van der Waals surface area contributed by atoms with Crippen LogP contribution < -0.4 is 4.90 Å². The minimum atomic E-state index is 1.01. The Labute approximate surface area is 294 Å².